The standard InChI is InChI=1S/C20H26N6O2/c1-3-7-25(13-18-21-6-8-24(18)2)20(27)15-11-17-19(22-12-15)26(14-23-17)16-4-9-28-10-5-16/h6,8,11-12,14,16H,3-5,7,9-10,13H2,1-2H3. The first kappa shape index (κ1) is 18.6. The highest BCUT2D eigenvalue weighted by atomic mass is 16.5. The van der Waals surface area contributed by atoms with Crippen LogP contribution in [0.25, 0.3) is 11.2 Å². The largest absolute Gasteiger partial charge is 0.381 e. The maximum Gasteiger partial charge on any atom is 0.255 e. The van der Waals surface area contributed by atoms with E-state index in [0.717, 1.165) is 49.5 Å². The fraction of sp³-hybridized carbons (Fsp3) is 0.500. The van der Waals surface area contributed by atoms with Crippen LogP contribution < -0.4 is 0 Å². The van der Waals surface area contributed by atoms with Crippen molar-refractivity contribution in [3.63, 3.8) is 0 Å². The van der Waals surface area contributed by atoms with Crippen LogP contribution in [0.5, 0.6) is 0 Å². The first-order valence-corrected chi connectivity index (χ1v) is 9.83. The van der Waals surface area contributed by atoms with Crippen LogP contribution in [0, 0.1) is 0 Å². The van der Waals surface area contributed by atoms with E-state index in [1.807, 2.05) is 35.1 Å². The van der Waals surface area contributed by atoms with Gasteiger partial charge in [-0.1, -0.05) is 6.92 Å². The van der Waals surface area contributed by atoms with Crippen LogP contribution in [0.3, 0.4) is 0 Å². The smallest absolute Gasteiger partial charge is 0.255 e. The van der Waals surface area contributed by atoms with E-state index in [-0.39, 0.29) is 5.91 Å². The third-order valence-corrected chi connectivity index (χ3v) is 5.28. The van der Waals surface area contributed by atoms with E-state index in [2.05, 4.69) is 26.4 Å². The number of fused-ring (bicyclic) bond motifs is 1. The Balaban J connectivity index is 1.58. The first-order chi connectivity index (χ1) is 13.7. The minimum Gasteiger partial charge on any atom is -0.381 e. The van der Waals surface area contributed by atoms with Crippen LogP contribution in [0.4, 0.5) is 0 Å². The number of rotatable bonds is 6. The molecule has 148 valence electrons. The van der Waals surface area contributed by atoms with Crippen LogP contribution in [-0.4, -0.2) is 54.7 Å². The molecule has 0 saturated carbocycles. The van der Waals surface area contributed by atoms with Crippen LogP contribution >= 0.6 is 0 Å². The molecule has 1 saturated heterocycles. The lowest BCUT2D eigenvalue weighted by atomic mass is 10.1. The molecule has 3 aromatic rings. The summed E-state index contributed by atoms with van der Waals surface area (Å²) in [6.07, 6.45) is 9.94. The summed E-state index contributed by atoms with van der Waals surface area (Å²) < 4.78 is 9.50. The number of imidazole rings is 2. The molecule has 1 fully saturated rings. The molecule has 0 aliphatic carbocycles. The van der Waals surface area contributed by atoms with E-state index >= 15 is 0 Å². The number of pyridine rings is 1. The molecule has 8 nitrogen and oxygen atoms in total. The van der Waals surface area contributed by atoms with Crippen molar-refractivity contribution < 1.29 is 9.53 Å². The number of amides is 1. The van der Waals surface area contributed by atoms with Gasteiger partial charge in [-0.15, -0.1) is 0 Å². The summed E-state index contributed by atoms with van der Waals surface area (Å²) >= 11 is 0. The van der Waals surface area contributed by atoms with Gasteiger partial charge < -0.3 is 18.8 Å². The number of aromatic nitrogens is 5. The summed E-state index contributed by atoms with van der Waals surface area (Å²) in [5, 5.41) is 0. The summed E-state index contributed by atoms with van der Waals surface area (Å²) in [5.41, 5.74) is 2.15. The molecule has 0 spiro atoms. The molecule has 3 aromatic heterocycles. The second-order valence-electron chi connectivity index (χ2n) is 7.24. The van der Waals surface area contributed by atoms with Crippen LogP contribution in [0.1, 0.15) is 48.4 Å². The molecule has 1 aliphatic heterocycles. The maximum absolute atomic E-state index is 13.1. The molecule has 28 heavy (non-hydrogen) atoms. The molecule has 0 bridgehead atoms. The lowest BCUT2D eigenvalue weighted by Gasteiger charge is -2.23. The number of hydrogen-bond acceptors (Lipinski definition) is 5. The summed E-state index contributed by atoms with van der Waals surface area (Å²) in [7, 11) is 1.94. The minimum atomic E-state index is -0.0418. The molecule has 1 amide bonds. The number of carbonyl (C=O) groups excluding carboxylic acids is 1. The zero-order chi connectivity index (χ0) is 19.5. The SMILES string of the molecule is CCCN(Cc1nccn1C)C(=O)c1cnc2c(c1)ncn2C1CCOCC1. The zero-order valence-corrected chi connectivity index (χ0v) is 16.4. The number of nitrogens with zero attached hydrogens (tertiary/aromatic N) is 6. The van der Waals surface area contributed by atoms with Crippen molar-refractivity contribution >= 4 is 17.1 Å². The first-order valence-electron chi connectivity index (χ1n) is 9.83. The molecule has 0 radical (unpaired) electrons. The molecule has 8 heteroatoms. The van der Waals surface area contributed by atoms with Crippen molar-refractivity contribution in [2.75, 3.05) is 19.8 Å². The number of carbonyl (C=O) groups is 1. The lowest BCUT2D eigenvalue weighted by molar-refractivity contribution is 0.0704. The van der Waals surface area contributed by atoms with Gasteiger partial charge in [0.05, 0.1) is 18.4 Å². The molecule has 0 atom stereocenters. The Morgan fingerprint density at radius 1 is 1.29 bits per heavy atom. The van der Waals surface area contributed by atoms with Crippen molar-refractivity contribution in [3.8, 4) is 0 Å². The number of ether oxygens (including phenoxy) is 1. The number of aryl methyl sites for hydroxylation is 1. The van der Waals surface area contributed by atoms with Crippen LogP contribution in [0.15, 0.2) is 31.0 Å². The van der Waals surface area contributed by atoms with Crippen molar-refractivity contribution in [1.29, 1.82) is 0 Å². The molecule has 0 aromatic carbocycles. The van der Waals surface area contributed by atoms with E-state index < -0.39 is 0 Å². The average Bonchev–Trinajstić information content (AvgIpc) is 3.33. The highest BCUT2D eigenvalue weighted by Crippen LogP contribution is 2.25. The Hall–Kier alpha value is -2.74. The van der Waals surface area contributed by atoms with Gasteiger partial charge in [-0.05, 0) is 25.3 Å². The normalized spacial score (nSPS) is 15.2. The third-order valence-electron chi connectivity index (χ3n) is 5.28. The fourth-order valence-corrected chi connectivity index (χ4v) is 3.69. The quantitative estimate of drug-likeness (QED) is 0.655. The van der Waals surface area contributed by atoms with Gasteiger partial charge in [-0.2, -0.15) is 0 Å². The Kier molecular flexibility index (Phi) is 5.38. The summed E-state index contributed by atoms with van der Waals surface area (Å²) in [4.78, 5) is 28.4. The van der Waals surface area contributed by atoms with Crippen molar-refractivity contribution in [2.24, 2.45) is 7.05 Å². The van der Waals surface area contributed by atoms with E-state index in [0.29, 0.717) is 24.7 Å². The second-order valence-corrected chi connectivity index (χ2v) is 7.24. The molecular formula is C20H26N6O2. The van der Waals surface area contributed by atoms with E-state index in [1.165, 1.54) is 0 Å². The van der Waals surface area contributed by atoms with Gasteiger partial charge in [0.15, 0.2) is 5.65 Å². The summed E-state index contributed by atoms with van der Waals surface area (Å²) in [6.45, 7) is 4.74. The van der Waals surface area contributed by atoms with Gasteiger partial charge in [0.25, 0.3) is 5.91 Å². The van der Waals surface area contributed by atoms with E-state index in [9.17, 15) is 4.79 Å². The summed E-state index contributed by atoms with van der Waals surface area (Å²) in [5.74, 6) is 0.819. The topological polar surface area (TPSA) is 78.1 Å². The molecule has 0 N–H and O–H groups in total. The Labute approximate surface area is 164 Å². The highest BCUT2D eigenvalue weighted by Gasteiger charge is 2.21. The monoisotopic (exact) mass is 382 g/mol. The molecular weight excluding hydrogens is 356 g/mol. The van der Waals surface area contributed by atoms with Crippen molar-refractivity contribution in [1.82, 2.24) is 29.0 Å². The Bertz CT molecular complexity index is 957. The van der Waals surface area contributed by atoms with Gasteiger partial charge in [-0.3, -0.25) is 4.79 Å². The Morgan fingerprint density at radius 3 is 2.82 bits per heavy atom. The van der Waals surface area contributed by atoms with E-state index in [4.69, 9.17) is 4.74 Å². The van der Waals surface area contributed by atoms with Crippen molar-refractivity contribution in [3.05, 3.63) is 42.4 Å². The average molecular weight is 382 g/mol. The Morgan fingerprint density at radius 2 is 2.11 bits per heavy atom. The lowest BCUT2D eigenvalue weighted by Crippen LogP contribution is -2.32. The van der Waals surface area contributed by atoms with Crippen LogP contribution in [-0.2, 0) is 18.3 Å². The predicted molar refractivity (Wildman–Crippen MR) is 105 cm³/mol. The van der Waals surface area contributed by atoms with Gasteiger partial charge in [0, 0.05) is 51.4 Å². The fourth-order valence-electron chi connectivity index (χ4n) is 3.69. The summed E-state index contributed by atoms with van der Waals surface area (Å²) in [6, 6.07) is 2.20. The van der Waals surface area contributed by atoms with Gasteiger partial charge >= 0.3 is 0 Å². The van der Waals surface area contributed by atoms with E-state index in [1.54, 1.807) is 12.4 Å². The third kappa shape index (κ3) is 3.64. The van der Waals surface area contributed by atoms with Crippen molar-refractivity contribution in [2.45, 2.75) is 38.8 Å². The molecule has 1 aliphatic rings. The highest BCUT2D eigenvalue weighted by molar-refractivity contribution is 5.96. The minimum absolute atomic E-state index is 0.0418. The van der Waals surface area contributed by atoms with Crippen LogP contribution in [0.2, 0.25) is 0 Å². The number of hydrogen-bond donors (Lipinski definition) is 0. The maximum atomic E-state index is 13.1. The predicted octanol–water partition coefficient (Wildman–Crippen LogP) is 2.57. The zero-order valence-electron chi connectivity index (χ0n) is 16.4. The van der Waals surface area contributed by atoms with Gasteiger partial charge in [-0.25, -0.2) is 15.0 Å². The molecule has 4 rings (SSSR count). The second kappa shape index (κ2) is 8.10. The molecule has 4 heterocycles. The van der Waals surface area contributed by atoms with Gasteiger partial charge in [0.2, 0.25) is 0 Å². The molecule has 0 unspecified atom stereocenters. The van der Waals surface area contributed by atoms with Gasteiger partial charge in [0.1, 0.15) is 11.3 Å².